The molecular weight excluding hydrogens is 114 g/mol. The van der Waals surface area contributed by atoms with E-state index in [1.165, 1.54) is 0 Å². The molecule has 0 bridgehead atoms. The zero-order valence-corrected chi connectivity index (χ0v) is 5.85. The van der Waals surface area contributed by atoms with E-state index in [1.54, 1.807) is 4.58 Å². The minimum Gasteiger partial charge on any atom is -0.330 e. The van der Waals surface area contributed by atoms with Crippen molar-refractivity contribution >= 4 is 6.01 Å². The summed E-state index contributed by atoms with van der Waals surface area (Å²) in [6, 6.07) is 2.31. The number of rotatable bonds is 4. The number of hydrogen-bond acceptors (Lipinski definition) is 2. The summed E-state index contributed by atoms with van der Waals surface area (Å²) in [7, 11) is 0. The minimum atomic E-state index is 0.693. The lowest BCUT2D eigenvalue weighted by Gasteiger charge is -1.95. The first kappa shape index (κ1) is 8.34. The van der Waals surface area contributed by atoms with E-state index in [-0.39, 0.29) is 0 Å². The summed E-state index contributed by atoms with van der Waals surface area (Å²) in [5.74, 6) is 0. The Kier molecular flexibility index (Phi) is 5.07. The topological polar surface area (TPSA) is 52.9 Å². The van der Waals surface area contributed by atoms with Gasteiger partial charge in [0, 0.05) is 0 Å². The third-order valence-corrected chi connectivity index (χ3v) is 1.17. The Morgan fingerprint density at radius 1 is 1.67 bits per heavy atom. The molecule has 0 aromatic heterocycles. The lowest BCUT2D eigenvalue weighted by Crippen LogP contribution is -2.14. The molecule has 0 aliphatic heterocycles. The maximum absolute atomic E-state index is 6.77. The van der Waals surface area contributed by atoms with Crippen LogP contribution in [0.3, 0.4) is 0 Å². The van der Waals surface area contributed by atoms with Gasteiger partial charge in [-0.3, -0.25) is 0 Å². The van der Waals surface area contributed by atoms with Crippen molar-refractivity contribution in [2.75, 3.05) is 19.6 Å². The normalized spacial score (nSPS) is 8.67. The van der Waals surface area contributed by atoms with Gasteiger partial charge in [-0.2, -0.15) is 0 Å². The van der Waals surface area contributed by atoms with Gasteiger partial charge in [0.1, 0.15) is 0 Å². The van der Waals surface area contributed by atoms with Crippen molar-refractivity contribution in [2.24, 2.45) is 5.73 Å². The molecule has 0 amide bonds. The number of hydrogen-bond donors (Lipinski definition) is 2. The van der Waals surface area contributed by atoms with E-state index in [0.29, 0.717) is 6.54 Å². The van der Waals surface area contributed by atoms with Gasteiger partial charge in [-0.15, -0.1) is 0 Å². The minimum absolute atomic E-state index is 0.693. The zero-order valence-electron chi connectivity index (χ0n) is 5.85. The SMILES string of the molecule is CC[N+](=C=N)CCCN. The summed E-state index contributed by atoms with van der Waals surface area (Å²) in [5, 5.41) is 6.77. The van der Waals surface area contributed by atoms with Crippen molar-refractivity contribution in [3.8, 4) is 0 Å². The van der Waals surface area contributed by atoms with E-state index in [4.69, 9.17) is 11.1 Å². The molecule has 0 fully saturated rings. The Hall–Kier alpha value is -0.660. The fourth-order valence-electron chi connectivity index (χ4n) is 0.575. The lowest BCUT2D eigenvalue weighted by molar-refractivity contribution is -0.518. The molecule has 0 radical (unpaired) electrons. The molecular formula is C6H14N3+. The van der Waals surface area contributed by atoms with Crippen LogP contribution < -0.4 is 5.73 Å². The lowest BCUT2D eigenvalue weighted by atomic mass is 10.4. The van der Waals surface area contributed by atoms with Gasteiger partial charge in [0.25, 0.3) is 0 Å². The van der Waals surface area contributed by atoms with Crippen LogP contribution in [0.1, 0.15) is 13.3 Å². The smallest absolute Gasteiger partial charge is 0.303 e. The summed E-state index contributed by atoms with van der Waals surface area (Å²) >= 11 is 0. The number of nitrogens with one attached hydrogen (secondary N) is 1. The van der Waals surface area contributed by atoms with Crippen LogP contribution in [0.15, 0.2) is 0 Å². The van der Waals surface area contributed by atoms with Gasteiger partial charge in [-0.1, -0.05) is 5.41 Å². The van der Waals surface area contributed by atoms with Crippen molar-refractivity contribution in [1.29, 1.82) is 5.41 Å². The van der Waals surface area contributed by atoms with Crippen LogP contribution in [0.2, 0.25) is 0 Å². The molecule has 0 aliphatic rings. The molecule has 0 aromatic carbocycles. The second-order valence-corrected chi connectivity index (χ2v) is 1.83. The van der Waals surface area contributed by atoms with Gasteiger partial charge in [-0.05, 0) is 19.9 Å². The Labute approximate surface area is 55.7 Å². The fourth-order valence-corrected chi connectivity index (χ4v) is 0.575. The Balaban J connectivity index is 3.45. The van der Waals surface area contributed by atoms with Crippen LogP contribution in [0.4, 0.5) is 0 Å². The molecule has 9 heavy (non-hydrogen) atoms. The number of nitrogens with zero attached hydrogens (tertiary/aromatic N) is 1. The third kappa shape index (κ3) is 3.88. The standard InChI is InChI=1S/C6H14N3/c1-2-9(6-8)5-3-4-7/h8H,2-5,7H2,1H3/q+1. The third-order valence-electron chi connectivity index (χ3n) is 1.17. The van der Waals surface area contributed by atoms with Crippen LogP contribution >= 0.6 is 0 Å². The predicted octanol–water partition coefficient (Wildman–Crippen LogP) is 0.120. The first-order valence-electron chi connectivity index (χ1n) is 3.22. The van der Waals surface area contributed by atoms with Crippen LogP contribution in [-0.2, 0) is 0 Å². The van der Waals surface area contributed by atoms with E-state index >= 15 is 0 Å². The first-order valence-corrected chi connectivity index (χ1v) is 3.22. The molecule has 0 saturated carbocycles. The van der Waals surface area contributed by atoms with Gasteiger partial charge in [0.15, 0.2) is 0 Å². The molecule has 0 unspecified atom stereocenters. The van der Waals surface area contributed by atoms with E-state index in [0.717, 1.165) is 19.5 Å². The van der Waals surface area contributed by atoms with Crippen LogP contribution in [0.5, 0.6) is 0 Å². The highest BCUT2D eigenvalue weighted by molar-refractivity contribution is 5.27. The monoisotopic (exact) mass is 128 g/mol. The van der Waals surface area contributed by atoms with Crippen molar-refractivity contribution in [3.63, 3.8) is 0 Å². The fraction of sp³-hybridized carbons (Fsp3) is 0.833. The Morgan fingerprint density at radius 3 is 2.67 bits per heavy atom. The second-order valence-electron chi connectivity index (χ2n) is 1.83. The van der Waals surface area contributed by atoms with Gasteiger partial charge in [0.05, 0.1) is 13.1 Å². The Morgan fingerprint density at radius 2 is 2.33 bits per heavy atom. The van der Waals surface area contributed by atoms with Crippen molar-refractivity contribution < 1.29 is 4.58 Å². The summed E-state index contributed by atoms with van der Waals surface area (Å²) in [6.07, 6.45) is 0.944. The molecule has 0 aliphatic carbocycles. The highest BCUT2D eigenvalue weighted by Gasteiger charge is 1.92. The maximum Gasteiger partial charge on any atom is 0.303 e. The molecule has 0 atom stereocenters. The highest BCUT2D eigenvalue weighted by atomic mass is 15.0. The molecule has 3 nitrogen and oxygen atoms in total. The van der Waals surface area contributed by atoms with Crippen molar-refractivity contribution in [1.82, 2.24) is 0 Å². The van der Waals surface area contributed by atoms with E-state index in [9.17, 15) is 0 Å². The van der Waals surface area contributed by atoms with Crippen LogP contribution in [0, 0.1) is 5.41 Å². The molecule has 0 heterocycles. The molecule has 0 saturated heterocycles. The van der Waals surface area contributed by atoms with Gasteiger partial charge >= 0.3 is 6.01 Å². The quantitative estimate of drug-likeness (QED) is 0.410. The van der Waals surface area contributed by atoms with Gasteiger partial charge in [-0.25, -0.2) is 4.58 Å². The van der Waals surface area contributed by atoms with E-state index < -0.39 is 0 Å². The molecule has 52 valence electrons. The molecule has 0 spiro atoms. The highest BCUT2D eigenvalue weighted by Crippen LogP contribution is 1.76. The largest absolute Gasteiger partial charge is 0.330 e. The molecule has 3 heteroatoms. The maximum atomic E-state index is 6.77. The van der Waals surface area contributed by atoms with Crippen LogP contribution in [-0.4, -0.2) is 30.2 Å². The molecule has 0 aromatic rings. The second kappa shape index (κ2) is 5.48. The zero-order chi connectivity index (χ0) is 7.11. The summed E-state index contributed by atoms with van der Waals surface area (Å²) < 4.78 is 1.80. The summed E-state index contributed by atoms with van der Waals surface area (Å²) in [6.45, 7) is 4.40. The summed E-state index contributed by atoms with van der Waals surface area (Å²) in [4.78, 5) is 0. The molecule has 3 N–H and O–H groups in total. The Bertz CT molecular complexity index is 113. The van der Waals surface area contributed by atoms with E-state index in [1.807, 2.05) is 6.92 Å². The molecule has 0 rings (SSSR count). The van der Waals surface area contributed by atoms with E-state index in [2.05, 4.69) is 6.01 Å². The van der Waals surface area contributed by atoms with Gasteiger partial charge < -0.3 is 5.73 Å². The predicted molar refractivity (Wildman–Crippen MR) is 37.1 cm³/mol. The summed E-state index contributed by atoms with van der Waals surface area (Å²) in [5.41, 5.74) is 5.27. The average Bonchev–Trinajstić information content (AvgIpc) is 1.91. The number of nitrogens with two attached hydrogens (primary N) is 1. The van der Waals surface area contributed by atoms with Crippen molar-refractivity contribution in [3.05, 3.63) is 0 Å². The average molecular weight is 128 g/mol. The van der Waals surface area contributed by atoms with Crippen LogP contribution in [0.25, 0.3) is 0 Å². The van der Waals surface area contributed by atoms with Gasteiger partial charge in [0.2, 0.25) is 0 Å². The van der Waals surface area contributed by atoms with Crippen molar-refractivity contribution in [2.45, 2.75) is 13.3 Å². The first-order chi connectivity index (χ1) is 4.35.